The minimum atomic E-state index is 0. The number of hydrogen-bond donors (Lipinski definition) is 2. The Morgan fingerprint density at radius 3 is 2.11 bits per heavy atom. The van der Waals surface area contributed by atoms with E-state index < -0.39 is 0 Å². The van der Waals surface area contributed by atoms with Crippen molar-refractivity contribution in [3.05, 3.63) is 103 Å². The van der Waals surface area contributed by atoms with Gasteiger partial charge in [-0.2, -0.15) is 5.10 Å². The first-order chi connectivity index (χ1) is 17.2. The van der Waals surface area contributed by atoms with E-state index in [4.69, 9.17) is 22.1 Å². The van der Waals surface area contributed by atoms with Crippen LogP contribution in [0.25, 0.3) is 21.8 Å². The largest absolute Gasteiger partial charge is 0.590 e. The third-order valence-electron chi connectivity index (χ3n) is 5.02. The summed E-state index contributed by atoms with van der Waals surface area (Å²) in [5, 5.41) is 17.6. The number of nitrogens with zero attached hydrogens (tertiary/aromatic N) is 3. The van der Waals surface area contributed by atoms with Crippen LogP contribution >= 0.6 is 12.2 Å². The van der Waals surface area contributed by atoms with Gasteiger partial charge in [0.15, 0.2) is 5.11 Å². The summed E-state index contributed by atoms with van der Waals surface area (Å²) in [6, 6.07) is 27.0. The maximum atomic E-state index is 7.92. The van der Waals surface area contributed by atoms with Crippen molar-refractivity contribution in [3.8, 4) is 11.5 Å². The fourth-order valence-electron chi connectivity index (χ4n) is 3.35. The van der Waals surface area contributed by atoms with E-state index >= 15 is 0 Å². The minimum Gasteiger partial charge on any atom is -0.590 e. The Morgan fingerprint density at radius 1 is 0.861 bits per heavy atom. The van der Waals surface area contributed by atoms with Gasteiger partial charge in [-0.25, -0.2) is 0 Å². The van der Waals surface area contributed by atoms with E-state index in [1.54, 1.807) is 30.6 Å². The van der Waals surface area contributed by atoms with Crippen LogP contribution in [0.2, 0.25) is 0 Å². The molecule has 0 atom stereocenters. The summed E-state index contributed by atoms with van der Waals surface area (Å²) in [5.41, 5.74) is 6.19. The molecule has 0 radical (unpaired) electrons. The molecular weight excluding hydrogens is 517 g/mol. The number of pyridine rings is 2. The summed E-state index contributed by atoms with van der Waals surface area (Å²) >= 11 is 5.13. The van der Waals surface area contributed by atoms with Gasteiger partial charge in [0.1, 0.15) is 0 Å². The quantitative estimate of drug-likeness (QED) is 0.0808. The molecule has 5 rings (SSSR count). The first kappa shape index (κ1) is 26.5. The molecule has 36 heavy (non-hydrogen) atoms. The zero-order valence-electron chi connectivity index (χ0n) is 19.3. The molecule has 2 aromatic heterocycles. The molecule has 0 aliphatic rings. The van der Waals surface area contributed by atoms with Crippen molar-refractivity contribution >= 4 is 51.0 Å². The number of hydrazone groups is 1. The van der Waals surface area contributed by atoms with Crippen LogP contribution in [-0.4, -0.2) is 33.5 Å². The smallest absolute Gasteiger partial charge is 0.305 e. The third-order valence-corrected chi connectivity index (χ3v) is 5.22. The van der Waals surface area contributed by atoms with Gasteiger partial charge in [0.25, 0.3) is 0 Å². The molecule has 5 aromatic rings. The van der Waals surface area contributed by atoms with Crippen LogP contribution in [0.1, 0.15) is 5.56 Å². The standard InChI is InChI=1S/C15H15N3O2S.C12H8N2.Ni/c1-20-13-9-5-6-11(14(13)19)10-16-18-15(21)17-12-7-3-2-4-8-12;1-3-9-5-6-10-4-2-8-14-12(10)11(9)13-7-1;/h2-10,19H,1H3,(H2,17,18,21);1-8H;/p+1/b16-10-;;. The van der Waals surface area contributed by atoms with E-state index in [-0.39, 0.29) is 22.2 Å². The fraction of sp³-hybridized carbons (Fsp3) is 0.0370. The van der Waals surface area contributed by atoms with E-state index in [1.807, 2.05) is 42.5 Å². The number of thiocarbonyl (C=S) groups is 1. The molecule has 9 heteroatoms. The molecule has 3 aromatic carbocycles. The molecule has 0 fully saturated rings. The number of fused-ring (bicyclic) bond motifs is 3. The van der Waals surface area contributed by atoms with Gasteiger partial charge < -0.3 is 15.2 Å². The van der Waals surface area contributed by atoms with Gasteiger partial charge in [0.2, 0.25) is 5.75 Å². The minimum absolute atomic E-state index is 0. The van der Waals surface area contributed by atoms with Gasteiger partial charge in [-0.1, -0.05) is 48.5 Å². The van der Waals surface area contributed by atoms with Gasteiger partial charge in [-0.05, 0) is 48.6 Å². The number of hydrogen-bond acceptors (Lipinski definition) is 5. The number of para-hydroxylation sites is 2. The van der Waals surface area contributed by atoms with Crippen LogP contribution in [0.15, 0.2) is 102 Å². The molecule has 0 spiro atoms. The average Bonchev–Trinajstić information content (AvgIpc) is 2.90. The molecule has 0 aliphatic heterocycles. The van der Waals surface area contributed by atoms with E-state index in [0.717, 1.165) is 27.5 Å². The molecule has 0 unspecified atom stereocenters. The Hall–Kier alpha value is -4.07. The first-order valence-electron chi connectivity index (χ1n) is 10.8. The number of nitrogens with one attached hydrogen (secondary N) is 2. The van der Waals surface area contributed by atoms with E-state index in [2.05, 4.69) is 50.1 Å². The van der Waals surface area contributed by atoms with Crippen LogP contribution in [-0.2, 0) is 16.5 Å². The Balaban J connectivity index is 0.000000208. The van der Waals surface area contributed by atoms with Crippen molar-refractivity contribution in [2.24, 2.45) is 5.10 Å². The number of benzene rings is 3. The van der Waals surface area contributed by atoms with Crippen molar-refractivity contribution in [1.82, 2.24) is 15.4 Å². The SMILES string of the molecule is COc1cccc(/C=N\NC(=S)Nc2ccccc2)c1[OH2+].[Ni].c1cnc2c(c1)ccc1cccnc12. The van der Waals surface area contributed by atoms with E-state index in [0.29, 0.717) is 16.4 Å². The Kier molecular flexibility index (Phi) is 9.68. The zero-order valence-corrected chi connectivity index (χ0v) is 21.1. The van der Waals surface area contributed by atoms with E-state index in [1.165, 1.54) is 13.3 Å². The molecule has 0 bridgehead atoms. The molecule has 184 valence electrons. The number of methoxy groups -OCH3 is 1. The van der Waals surface area contributed by atoms with Crippen LogP contribution in [0, 0.1) is 0 Å². The Labute approximate surface area is 224 Å². The summed E-state index contributed by atoms with van der Waals surface area (Å²) in [4.78, 5) is 8.69. The van der Waals surface area contributed by atoms with Crippen LogP contribution in [0.4, 0.5) is 5.69 Å². The molecule has 0 saturated carbocycles. The molecule has 0 amide bonds. The molecule has 4 N–H and O–H groups in total. The monoisotopic (exact) mass is 540 g/mol. The van der Waals surface area contributed by atoms with Gasteiger partial charge in [-0.15, -0.1) is 0 Å². The number of anilines is 1. The molecule has 2 heterocycles. The van der Waals surface area contributed by atoms with Crippen molar-refractivity contribution in [1.29, 1.82) is 0 Å². The van der Waals surface area contributed by atoms with Crippen molar-refractivity contribution in [3.63, 3.8) is 0 Å². The predicted octanol–water partition coefficient (Wildman–Crippen LogP) is 5.23. The molecule has 0 saturated heterocycles. The van der Waals surface area contributed by atoms with Crippen LogP contribution < -0.4 is 15.5 Å². The topological polar surface area (TPSA) is 94.3 Å². The van der Waals surface area contributed by atoms with Crippen molar-refractivity contribution in [2.45, 2.75) is 0 Å². The van der Waals surface area contributed by atoms with E-state index in [9.17, 15) is 0 Å². The second-order valence-corrected chi connectivity index (χ2v) is 7.74. The van der Waals surface area contributed by atoms with Crippen molar-refractivity contribution in [2.75, 3.05) is 12.4 Å². The first-order valence-corrected chi connectivity index (χ1v) is 11.2. The maximum Gasteiger partial charge on any atom is 0.305 e. The Morgan fingerprint density at radius 2 is 1.50 bits per heavy atom. The van der Waals surface area contributed by atoms with Gasteiger partial charge in [-0.3, -0.25) is 15.4 Å². The third kappa shape index (κ3) is 6.75. The summed E-state index contributed by atoms with van der Waals surface area (Å²) in [6.45, 7) is 0. The summed E-state index contributed by atoms with van der Waals surface area (Å²) in [5.74, 6) is 0.788. The Bertz CT molecular complexity index is 1430. The fourth-order valence-corrected chi connectivity index (χ4v) is 3.52. The predicted molar refractivity (Wildman–Crippen MR) is 146 cm³/mol. The molecular formula is C27H24N5NiO2S+. The number of ether oxygens (including phenoxy) is 1. The molecule has 0 aliphatic carbocycles. The van der Waals surface area contributed by atoms with Crippen LogP contribution in [0.3, 0.4) is 0 Å². The maximum absolute atomic E-state index is 7.92. The van der Waals surface area contributed by atoms with Crippen molar-refractivity contribution < 1.29 is 26.3 Å². The second kappa shape index (κ2) is 13.1. The summed E-state index contributed by atoms with van der Waals surface area (Å²) < 4.78 is 5.08. The zero-order chi connectivity index (χ0) is 24.5. The normalized spacial score (nSPS) is 10.2. The number of rotatable bonds is 4. The van der Waals surface area contributed by atoms with Gasteiger partial charge >= 0.3 is 5.75 Å². The summed E-state index contributed by atoms with van der Waals surface area (Å²) in [7, 11) is 1.53. The second-order valence-electron chi connectivity index (χ2n) is 7.33. The summed E-state index contributed by atoms with van der Waals surface area (Å²) in [6.07, 6.45) is 5.14. The van der Waals surface area contributed by atoms with Gasteiger partial charge in [0.05, 0.1) is 29.9 Å². The average molecular weight is 541 g/mol. The van der Waals surface area contributed by atoms with Crippen LogP contribution in [0.5, 0.6) is 11.5 Å². The molecule has 7 nitrogen and oxygen atoms in total. The number of aromatic nitrogens is 2. The van der Waals surface area contributed by atoms with Gasteiger partial charge in [0, 0.05) is 45.3 Å².